The zero-order valence-electron chi connectivity index (χ0n) is 27.2. The largest absolute Gasteiger partial charge is 0.465 e. The molecule has 0 saturated heterocycles. The predicted molar refractivity (Wildman–Crippen MR) is 191 cm³/mol. The van der Waals surface area contributed by atoms with Gasteiger partial charge in [-0.15, -0.1) is 0 Å². The molecule has 1 aliphatic rings. The van der Waals surface area contributed by atoms with Crippen LogP contribution in [0, 0.1) is 0 Å². The van der Waals surface area contributed by atoms with Crippen molar-refractivity contribution in [2.45, 2.75) is 70.4 Å². The summed E-state index contributed by atoms with van der Waals surface area (Å²) in [4.78, 5) is 0. The maximum absolute atomic E-state index is 10.4. The zero-order valence-corrected chi connectivity index (χ0v) is 27.2. The van der Waals surface area contributed by atoms with E-state index in [1.807, 2.05) is 24.3 Å². The first-order valence-corrected chi connectivity index (χ1v) is 17.0. The average molecular weight is 623 g/mol. The molecule has 238 valence electrons. The quantitative estimate of drug-likeness (QED) is 0.133. The summed E-state index contributed by atoms with van der Waals surface area (Å²) >= 11 is 0. The van der Waals surface area contributed by atoms with Gasteiger partial charge in [0.1, 0.15) is 11.5 Å². The van der Waals surface area contributed by atoms with Gasteiger partial charge < -0.3 is 19.7 Å². The topological polar surface area (TPSA) is 58.9 Å². The zero-order chi connectivity index (χ0) is 32.4. The van der Waals surface area contributed by atoms with E-state index in [1.54, 1.807) is 0 Å². The third-order valence-electron chi connectivity index (χ3n) is 9.60. The molecule has 0 aromatic heterocycles. The maximum Gasteiger partial charge on any atom is 0.197 e. The van der Waals surface area contributed by atoms with Crippen molar-refractivity contribution in [2.75, 3.05) is 0 Å². The van der Waals surface area contributed by atoms with E-state index in [1.165, 1.54) is 33.4 Å². The van der Waals surface area contributed by atoms with Gasteiger partial charge in [0.05, 0.1) is 5.41 Å². The van der Waals surface area contributed by atoms with Gasteiger partial charge in [-0.05, 0) is 104 Å². The Morgan fingerprint density at radius 3 is 1.36 bits per heavy atom. The lowest BCUT2D eigenvalue weighted by molar-refractivity contribution is -0.0247. The minimum absolute atomic E-state index is 0.535. The summed E-state index contributed by atoms with van der Waals surface area (Å²) in [5.41, 5.74) is 6.87. The molecule has 1 aliphatic carbocycles. The lowest BCUT2D eigenvalue weighted by Gasteiger charge is -2.34. The Hall–Kier alpha value is -4.64. The van der Waals surface area contributed by atoms with E-state index in [9.17, 15) is 10.2 Å². The highest BCUT2D eigenvalue weighted by molar-refractivity contribution is 5.92. The fraction of sp³-hybridized carbons (Fsp3) is 0.256. The van der Waals surface area contributed by atoms with Crippen LogP contribution in [0.1, 0.15) is 74.6 Å². The van der Waals surface area contributed by atoms with E-state index in [0.717, 1.165) is 47.2 Å². The molecule has 0 fully saturated rings. The molecule has 6 aromatic rings. The number of hydrogen-bond donors (Lipinski definition) is 2. The summed E-state index contributed by atoms with van der Waals surface area (Å²) in [5, 5.41) is 25.1. The van der Waals surface area contributed by atoms with Crippen molar-refractivity contribution in [3.05, 3.63) is 144 Å². The highest BCUT2D eigenvalue weighted by Gasteiger charge is 2.46. The van der Waals surface area contributed by atoms with Crippen molar-refractivity contribution < 1.29 is 19.7 Å². The molecule has 2 N–H and O–H groups in total. The molecule has 2 unspecified atom stereocenters. The van der Waals surface area contributed by atoms with Crippen LogP contribution in [0.4, 0.5) is 0 Å². The summed E-state index contributed by atoms with van der Waals surface area (Å²) < 4.78 is 11.7. The number of aliphatic hydroxyl groups is 2. The van der Waals surface area contributed by atoms with Crippen LogP contribution in [-0.4, -0.2) is 22.8 Å². The molecule has 0 bridgehead atoms. The monoisotopic (exact) mass is 622 g/mol. The number of ether oxygens (including phenoxy) is 2. The number of fused-ring (bicyclic) bond motifs is 5. The van der Waals surface area contributed by atoms with Crippen molar-refractivity contribution in [1.29, 1.82) is 0 Å². The van der Waals surface area contributed by atoms with Gasteiger partial charge in [-0.2, -0.15) is 0 Å². The van der Waals surface area contributed by atoms with Gasteiger partial charge in [-0.3, -0.25) is 0 Å². The smallest absolute Gasteiger partial charge is 0.197 e. The van der Waals surface area contributed by atoms with Gasteiger partial charge >= 0.3 is 0 Å². The number of hydrogen-bond acceptors (Lipinski definition) is 4. The van der Waals surface area contributed by atoms with E-state index in [4.69, 9.17) is 9.47 Å². The molecule has 0 radical (unpaired) electrons. The molecule has 4 heteroatoms. The van der Waals surface area contributed by atoms with Crippen LogP contribution < -0.4 is 9.47 Å². The molecule has 7 rings (SSSR count). The van der Waals surface area contributed by atoms with Crippen molar-refractivity contribution in [3.8, 4) is 22.6 Å². The number of unbranched alkanes of at least 4 members (excludes halogenated alkanes) is 2. The van der Waals surface area contributed by atoms with Gasteiger partial charge in [0.25, 0.3) is 0 Å². The predicted octanol–water partition coefficient (Wildman–Crippen LogP) is 10.1. The summed E-state index contributed by atoms with van der Waals surface area (Å²) in [6, 6.07) is 43.2. The minimum Gasteiger partial charge on any atom is -0.465 e. The Labute approximate surface area is 277 Å². The van der Waals surface area contributed by atoms with Gasteiger partial charge in [0.15, 0.2) is 12.6 Å². The maximum atomic E-state index is 10.4. The van der Waals surface area contributed by atoms with Crippen LogP contribution in [-0.2, 0) is 5.41 Å². The second kappa shape index (κ2) is 13.2. The Morgan fingerprint density at radius 2 is 0.915 bits per heavy atom. The van der Waals surface area contributed by atoms with Crippen LogP contribution in [0.25, 0.3) is 32.7 Å². The van der Waals surface area contributed by atoms with E-state index >= 15 is 0 Å². The molecule has 0 saturated carbocycles. The normalized spacial score (nSPS) is 14.5. The molecule has 6 aromatic carbocycles. The van der Waals surface area contributed by atoms with Crippen LogP contribution in [0.3, 0.4) is 0 Å². The lowest BCUT2D eigenvalue weighted by Crippen LogP contribution is -2.28. The number of benzene rings is 6. The minimum atomic E-state index is -0.803. The van der Waals surface area contributed by atoms with Gasteiger partial charge in [0, 0.05) is 12.8 Å². The fourth-order valence-corrected chi connectivity index (χ4v) is 7.27. The van der Waals surface area contributed by atoms with Crippen molar-refractivity contribution >= 4 is 21.5 Å². The van der Waals surface area contributed by atoms with Gasteiger partial charge in [0.2, 0.25) is 0 Å². The summed E-state index contributed by atoms with van der Waals surface area (Å²) in [6.07, 6.45) is 3.52. The molecule has 0 heterocycles. The molecular formula is C43H42O4. The molecule has 0 spiro atoms. The van der Waals surface area contributed by atoms with E-state index in [2.05, 4.69) is 111 Å². The van der Waals surface area contributed by atoms with Gasteiger partial charge in [-0.1, -0.05) is 112 Å². The van der Waals surface area contributed by atoms with Crippen molar-refractivity contribution in [3.63, 3.8) is 0 Å². The molecule has 0 aliphatic heterocycles. The average Bonchev–Trinajstić information content (AvgIpc) is 3.40. The van der Waals surface area contributed by atoms with Crippen LogP contribution >= 0.6 is 0 Å². The summed E-state index contributed by atoms with van der Waals surface area (Å²) in [7, 11) is 0. The van der Waals surface area contributed by atoms with Crippen molar-refractivity contribution in [1.82, 2.24) is 0 Å². The SMILES string of the molecule is CCCCC(O)Oc1ccc2cc(C3(c4ccc5cc(OC(O)CCCC)ccc5c4)c4ccccc4-c4ccccc43)ccc2c1. The van der Waals surface area contributed by atoms with Crippen LogP contribution in [0.15, 0.2) is 121 Å². The Balaban J connectivity index is 1.35. The molecule has 0 amide bonds. The Bertz CT molecular complexity index is 1880. The second-order valence-electron chi connectivity index (χ2n) is 12.7. The van der Waals surface area contributed by atoms with E-state index < -0.39 is 18.0 Å². The van der Waals surface area contributed by atoms with Crippen LogP contribution in [0.5, 0.6) is 11.5 Å². The second-order valence-corrected chi connectivity index (χ2v) is 12.7. The standard InChI is InChI=1S/C43H42O4/c1-3-5-15-41(44)46-35-23-19-29-25-33(21-17-31(29)27-35)43(39-13-9-7-11-37(39)38-12-8-10-14-40(38)43)34-22-18-32-28-36(24-20-30(32)26-34)47-42(45)16-6-4-2/h7-14,17-28,41-42,44-45H,3-6,15-16H2,1-2H3. The Morgan fingerprint density at radius 1 is 0.511 bits per heavy atom. The van der Waals surface area contributed by atoms with Crippen LogP contribution in [0.2, 0.25) is 0 Å². The highest BCUT2D eigenvalue weighted by Crippen LogP contribution is 2.56. The number of aliphatic hydroxyl groups excluding tert-OH is 2. The molecule has 2 atom stereocenters. The molecule has 4 nitrogen and oxygen atoms in total. The fourth-order valence-electron chi connectivity index (χ4n) is 7.27. The lowest BCUT2D eigenvalue weighted by atomic mass is 9.67. The first-order valence-electron chi connectivity index (χ1n) is 17.0. The molecule has 47 heavy (non-hydrogen) atoms. The number of rotatable bonds is 12. The first kappa shape index (κ1) is 31.0. The van der Waals surface area contributed by atoms with E-state index in [-0.39, 0.29) is 0 Å². The summed E-state index contributed by atoms with van der Waals surface area (Å²) in [6.45, 7) is 4.22. The molecular weight excluding hydrogens is 580 g/mol. The summed E-state index contributed by atoms with van der Waals surface area (Å²) in [5.74, 6) is 1.35. The third kappa shape index (κ3) is 5.77. The first-order chi connectivity index (χ1) is 23.0. The van der Waals surface area contributed by atoms with E-state index in [0.29, 0.717) is 24.3 Å². The highest BCUT2D eigenvalue weighted by atomic mass is 16.6. The van der Waals surface area contributed by atoms with Crippen molar-refractivity contribution in [2.24, 2.45) is 0 Å². The van der Waals surface area contributed by atoms with Gasteiger partial charge in [-0.25, -0.2) is 0 Å². The third-order valence-corrected chi connectivity index (χ3v) is 9.60. The Kier molecular flexibility index (Phi) is 8.72.